The molecule has 1 aliphatic rings. The van der Waals surface area contributed by atoms with Crippen LogP contribution in [-0.4, -0.2) is 19.3 Å². The Labute approximate surface area is 90.8 Å². The molecule has 0 radical (unpaired) electrons. The topological polar surface area (TPSA) is 54.4 Å². The summed E-state index contributed by atoms with van der Waals surface area (Å²) in [6, 6.07) is 5.34. The van der Waals surface area contributed by atoms with Crippen molar-refractivity contribution in [3.05, 3.63) is 33.8 Å². The molecule has 0 aliphatic carbocycles. The van der Waals surface area contributed by atoms with E-state index in [0.717, 1.165) is 4.47 Å². The molecule has 1 unspecified atom stereocenters. The molecule has 3 nitrogen and oxygen atoms in total. The second-order valence-electron chi connectivity index (χ2n) is 3.38. The van der Waals surface area contributed by atoms with Gasteiger partial charge in [0.2, 0.25) is 0 Å². The average molecular weight is 277 g/mol. The van der Waals surface area contributed by atoms with Gasteiger partial charge in [0.25, 0.3) is 0 Å². The number of rotatable bonds is 0. The zero-order valence-corrected chi connectivity index (χ0v) is 9.68. The summed E-state index contributed by atoms with van der Waals surface area (Å²) in [4.78, 5) is 0. The molecule has 0 bridgehead atoms. The highest BCUT2D eigenvalue weighted by molar-refractivity contribution is 9.10. The molecule has 76 valence electrons. The molecule has 0 spiro atoms. The molecule has 14 heavy (non-hydrogen) atoms. The maximum absolute atomic E-state index is 11.4. The number of fused-ring (bicyclic) bond motifs is 1. The van der Waals surface area contributed by atoms with Crippen LogP contribution in [0.5, 0.6) is 0 Å². The Hall–Kier alpha value is -0.390. The lowest BCUT2D eigenvalue weighted by Gasteiger charge is -2.22. The fourth-order valence-electron chi connectivity index (χ4n) is 1.65. The Morgan fingerprint density at radius 2 is 2.14 bits per heavy atom. The average Bonchev–Trinajstić information content (AvgIpc) is 2.05. The van der Waals surface area contributed by atoms with Gasteiger partial charge in [-0.25, -0.2) is 8.42 Å². The Bertz CT molecular complexity index is 467. The van der Waals surface area contributed by atoms with Gasteiger partial charge in [-0.15, -0.1) is 0 Å². The van der Waals surface area contributed by atoms with Gasteiger partial charge in [0.15, 0.2) is 9.84 Å². The minimum atomic E-state index is -3.15. The van der Waals surface area contributed by atoms with Gasteiger partial charge in [0.1, 0.15) is 0 Å². The number of aliphatic hydroxyl groups is 1. The van der Waals surface area contributed by atoms with Crippen LogP contribution in [0.1, 0.15) is 17.2 Å². The third-order valence-electron chi connectivity index (χ3n) is 2.29. The molecule has 1 aromatic rings. The number of aliphatic hydroxyl groups excluding tert-OH is 1. The summed E-state index contributed by atoms with van der Waals surface area (Å²) in [6.07, 6.45) is -0.888. The fourth-order valence-corrected chi connectivity index (χ4v) is 3.90. The summed E-state index contributed by atoms with van der Waals surface area (Å²) in [6.45, 7) is 0. The van der Waals surface area contributed by atoms with Crippen molar-refractivity contribution in [1.82, 2.24) is 0 Å². The number of hydrogen-bond acceptors (Lipinski definition) is 3. The lowest BCUT2D eigenvalue weighted by molar-refractivity contribution is 0.198. The van der Waals surface area contributed by atoms with E-state index in [1.165, 1.54) is 0 Å². The normalized spacial score (nSPS) is 24.3. The highest BCUT2D eigenvalue weighted by Crippen LogP contribution is 2.32. The molecular weight excluding hydrogens is 268 g/mol. The molecule has 0 saturated carbocycles. The van der Waals surface area contributed by atoms with Gasteiger partial charge in [-0.1, -0.05) is 28.1 Å². The van der Waals surface area contributed by atoms with E-state index < -0.39 is 15.9 Å². The maximum Gasteiger partial charge on any atom is 0.157 e. The van der Waals surface area contributed by atoms with Crippen molar-refractivity contribution in [2.75, 3.05) is 5.75 Å². The molecule has 2 rings (SSSR count). The van der Waals surface area contributed by atoms with Crippen molar-refractivity contribution in [3.63, 3.8) is 0 Å². The second-order valence-corrected chi connectivity index (χ2v) is 6.34. The summed E-state index contributed by atoms with van der Waals surface area (Å²) >= 11 is 3.29. The standard InChI is InChI=1S/C9H9BrO3S/c10-8-3-1-2-6-7(8)4-14(12,13)5-9(6)11/h1-3,9,11H,4-5H2. The molecular formula is C9H9BrO3S. The summed E-state index contributed by atoms with van der Waals surface area (Å²) in [5.74, 6) is -0.155. The van der Waals surface area contributed by atoms with Crippen LogP contribution in [0.4, 0.5) is 0 Å². The van der Waals surface area contributed by atoms with Gasteiger partial charge in [-0.2, -0.15) is 0 Å². The van der Waals surface area contributed by atoms with Crippen molar-refractivity contribution in [3.8, 4) is 0 Å². The van der Waals surface area contributed by atoms with Crippen LogP contribution in [0.15, 0.2) is 22.7 Å². The quantitative estimate of drug-likeness (QED) is 0.780. The third-order valence-corrected chi connectivity index (χ3v) is 4.59. The lowest BCUT2D eigenvalue weighted by atomic mass is 10.0. The summed E-state index contributed by atoms with van der Waals surface area (Å²) < 4.78 is 23.5. The van der Waals surface area contributed by atoms with Gasteiger partial charge in [0.05, 0.1) is 17.6 Å². The van der Waals surface area contributed by atoms with E-state index >= 15 is 0 Å². The summed E-state index contributed by atoms with van der Waals surface area (Å²) in [5, 5.41) is 9.62. The van der Waals surface area contributed by atoms with Crippen LogP contribution in [0, 0.1) is 0 Å². The first-order valence-corrected chi connectivity index (χ1v) is 6.77. The van der Waals surface area contributed by atoms with E-state index in [4.69, 9.17) is 0 Å². The van der Waals surface area contributed by atoms with Gasteiger partial charge in [0, 0.05) is 4.47 Å². The van der Waals surface area contributed by atoms with E-state index in [1.807, 2.05) is 0 Å². The zero-order chi connectivity index (χ0) is 10.3. The first kappa shape index (κ1) is 10.1. The molecule has 5 heteroatoms. The van der Waals surface area contributed by atoms with Gasteiger partial charge in [-0.3, -0.25) is 0 Å². The molecule has 1 aliphatic heterocycles. The molecule has 0 saturated heterocycles. The first-order chi connectivity index (χ1) is 6.49. The van der Waals surface area contributed by atoms with E-state index in [1.54, 1.807) is 18.2 Å². The molecule has 0 aromatic heterocycles. The second kappa shape index (κ2) is 3.32. The largest absolute Gasteiger partial charge is 0.387 e. The molecule has 1 aromatic carbocycles. The third kappa shape index (κ3) is 1.71. The molecule has 0 fully saturated rings. The van der Waals surface area contributed by atoms with E-state index in [0.29, 0.717) is 11.1 Å². The highest BCUT2D eigenvalue weighted by atomic mass is 79.9. The molecule has 1 N–H and O–H groups in total. The van der Waals surface area contributed by atoms with E-state index in [9.17, 15) is 13.5 Å². The lowest BCUT2D eigenvalue weighted by Crippen LogP contribution is -2.23. The predicted octanol–water partition coefficient (Wildman–Crippen LogP) is 1.41. The van der Waals surface area contributed by atoms with Crippen molar-refractivity contribution < 1.29 is 13.5 Å². The highest BCUT2D eigenvalue weighted by Gasteiger charge is 2.29. The van der Waals surface area contributed by atoms with Crippen molar-refractivity contribution >= 4 is 25.8 Å². The van der Waals surface area contributed by atoms with E-state index in [-0.39, 0.29) is 11.5 Å². The maximum atomic E-state index is 11.4. The van der Waals surface area contributed by atoms with Crippen LogP contribution in [0.2, 0.25) is 0 Å². The molecule has 1 atom stereocenters. The van der Waals surface area contributed by atoms with Gasteiger partial charge >= 0.3 is 0 Å². The van der Waals surface area contributed by atoms with Crippen LogP contribution in [-0.2, 0) is 15.6 Å². The summed E-state index contributed by atoms with van der Waals surface area (Å²) in [7, 11) is -3.15. The number of benzene rings is 1. The Morgan fingerprint density at radius 3 is 2.86 bits per heavy atom. The SMILES string of the molecule is O=S1(=O)Cc2c(Br)cccc2C(O)C1. The van der Waals surface area contributed by atoms with Crippen LogP contribution in [0.3, 0.4) is 0 Å². The zero-order valence-electron chi connectivity index (χ0n) is 7.27. The Balaban J connectivity index is 2.62. The first-order valence-electron chi connectivity index (χ1n) is 4.15. The van der Waals surface area contributed by atoms with Gasteiger partial charge < -0.3 is 5.11 Å². The van der Waals surface area contributed by atoms with Crippen LogP contribution >= 0.6 is 15.9 Å². The fraction of sp³-hybridized carbons (Fsp3) is 0.333. The van der Waals surface area contributed by atoms with Crippen LogP contribution in [0.25, 0.3) is 0 Å². The smallest absolute Gasteiger partial charge is 0.157 e. The summed E-state index contributed by atoms with van der Waals surface area (Å²) in [5.41, 5.74) is 1.40. The van der Waals surface area contributed by atoms with Crippen molar-refractivity contribution in [1.29, 1.82) is 0 Å². The van der Waals surface area contributed by atoms with E-state index in [2.05, 4.69) is 15.9 Å². The van der Waals surface area contributed by atoms with Crippen molar-refractivity contribution in [2.45, 2.75) is 11.9 Å². The van der Waals surface area contributed by atoms with Gasteiger partial charge in [-0.05, 0) is 17.2 Å². The monoisotopic (exact) mass is 276 g/mol. The molecule has 1 heterocycles. The molecule has 0 amide bonds. The number of sulfone groups is 1. The number of hydrogen-bond donors (Lipinski definition) is 1. The van der Waals surface area contributed by atoms with Crippen molar-refractivity contribution in [2.24, 2.45) is 0 Å². The minimum absolute atomic E-state index is 0.0147. The Morgan fingerprint density at radius 1 is 1.43 bits per heavy atom. The minimum Gasteiger partial charge on any atom is -0.387 e. The van der Waals surface area contributed by atoms with Crippen LogP contribution < -0.4 is 0 Å². The number of halogens is 1. The Kier molecular flexibility index (Phi) is 2.41. The predicted molar refractivity (Wildman–Crippen MR) is 56.6 cm³/mol.